The zero-order chi connectivity index (χ0) is 18.4. The summed E-state index contributed by atoms with van der Waals surface area (Å²) in [6, 6.07) is 11.7. The molecule has 0 radical (unpaired) electrons. The van der Waals surface area contributed by atoms with E-state index in [2.05, 4.69) is 0 Å². The summed E-state index contributed by atoms with van der Waals surface area (Å²) < 4.78 is 33.8. The van der Waals surface area contributed by atoms with Gasteiger partial charge in [0.15, 0.2) is 0 Å². The Balaban J connectivity index is 2.30. The van der Waals surface area contributed by atoms with Crippen molar-refractivity contribution in [2.75, 3.05) is 11.4 Å². The van der Waals surface area contributed by atoms with Crippen molar-refractivity contribution in [1.82, 2.24) is 0 Å². The first-order chi connectivity index (χ1) is 11.7. The van der Waals surface area contributed by atoms with E-state index in [-0.39, 0.29) is 4.90 Å². The van der Waals surface area contributed by atoms with Crippen molar-refractivity contribution in [2.24, 2.45) is 0 Å². The highest BCUT2D eigenvalue weighted by molar-refractivity contribution is 7.93. The van der Waals surface area contributed by atoms with Crippen LogP contribution in [0, 0.1) is 0 Å². The molecule has 6 heteroatoms. The number of rotatable bonds is 3. The van der Waals surface area contributed by atoms with Gasteiger partial charge in [-0.25, -0.2) is 8.42 Å². The fourth-order valence-corrected chi connectivity index (χ4v) is 5.23. The number of methoxy groups -OCH3 is 1. The molecule has 1 aliphatic heterocycles. The van der Waals surface area contributed by atoms with Crippen LogP contribution in [-0.2, 0) is 10.0 Å². The van der Waals surface area contributed by atoms with Crippen molar-refractivity contribution in [3.05, 3.63) is 59.1 Å². The summed E-state index contributed by atoms with van der Waals surface area (Å²) >= 11 is 5.91. The maximum Gasteiger partial charge on any atom is 0.265 e. The summed E-state index contributed by atoms with van der Waals surface area (Å²) in [5, 5.41) is 0.491. The van der Waals surface area contributed by atoms with Crippen LogP contribution >= 0.6 is 11.6 Å². The number of sulfonamides is 1. The molecule has 0 fully saturated rings. The maximum atomic E-state index is 13.4. The van der Waals surface area contributed by atoms with Gasteiger partial charge in [0.25, 0.3) is 10.0 Å². The van der Waals surface area contributed by atoms with Crippen LogP contribution < -0.4 is 9.04 Å². The SMILES string of the molecule is COc1cccc2c1N(S(=O)(=O)c1ccc(Cl)cc1)C(C)(C)C=C2C. The van der Waals surface area contributed by atoms with Crippen molar-refractivity contribution in [2.45, 2.75) is 31.2 Å². The minimum absolute atomic E-state index is 0.190. The number of para-hydroxylation sites is 1. The molecule has 0 unspecified atom stereocenters. The number of anilines is 1. The highest BCUT2D eigenvalue weighted by Gasteiger charge is 2.41. The van der Waals surface area contributed by atoms with Crippen molar-refractivity contribution in [3.8, 4) is 5.75 Å². The minimum Gasteiger partial charge on any atom is -0.495 e. The number of benzene rings is 2. The Labute approximate surface area is 153 Å². The Morgan fingerprint density at radius 2 is 1.72 bits per heavy atom. The fourth-order valence-electron chi connectivity index (χ4n) is 3.31. The third-order valence-electron chi connectivity index (χ3n) is 4.29. The first kappa shape index (κ1) is 17.8. The smallest absolute Gasteiger partial charge is 0.265 e. The van der Waals surface area contributed by atoms with Gasteiger partial charge < -0.3 is 4.74 Å². The fraction of sp³-hybridized carbons (Fsp3) is 0.263. The molecule has 2 aromatic carbocycles. The highest BCUT2D eigenvalue weighted by Crippen LogP contribution is 2.47. The van der Waals surface area contributed by atoms with Crippen molar-refractivity contribution >= 4 is 32.9 Å². The number of ether oxygens (including phenoxy) is 1. The van der Waals surface area contributed by atoms with Gasteiger partial charge in [-0.3, -0.25) is 4.31 Å². The molecule has 25 heavy (non-hydrogen) atoms. The Morgan fingerprint density at radius 1 is 1.08 bits per heavy atom. The Morgan fingerprint density at radius 3 is 2.32 bits per heavy atom. The van der Waals surface area contributed by atoms with Crippen LogP contribution in [0.3, 0.4) is 0 Å². The summed E-state index contributed by atoms with van der Waals surface area (Å²) in [6.07, 6.45) is 1.96. The van der Waals surface area contributed by atoms with Crippen LogP contribution in [0.1, 0.15) is 26.3 Å². The summed E-state index contributed by atoms with van der Waals surface area (Å²) in [6.45, 7) is 5.73. The van der Waals surface area contributed by atoms with Crippen LogP contribution in [0.4, 0.5) is 5.69 Å². The molecule has 0 aliphatic carbocycles. The van der Waals surface area contributed by atoms with Crippen LogP contribution in [-0.4, -0.2) is 21.1 Å². The normalized spacial score (nSPS) is 16.2. The van der Waals surface area contributed by atoms with Gasteiger partial charge in [0, 0.05) is 10.6 Å². The molecule has 4 nitrogen and oxygen atoms in total. The minimum atomic E-state index is -3.81. The molecule has 0 amide bonds. The molecule has 132 valence electrons. The van der Waals surface area contributed by atoms with E-state index in [1.807, 2.05) is 39.0 Å². The van der Waals surface area contributed by atoms with E-state index in [0.29, 0.717) is 16.5 Å². The molecular formula is C19H20ClNO3S. The number of nitrogens with zero attached hydrogens (tertiary/aromatic N) is 1. The van der Waals surface area contributed by atoms with Crippen molar-refractivity contribution in [3.63, 3.8) is 0 Å². The number of hydrogen-bond donors (Lipinski definition) is 0. The second-order valence-electron chi connectivity index (χ2n) is 6.56. The maximum absolute atomic E-state index is 13.4. The summed E-state index contributed by atoms with van der Waals surface area (Å²) in [7, 11) is -2.26. The molecule has 1 heterocycles. The van der Waals surface area contributed by atoms with Gasteiger partial charge in [-0.2, -0.15) is 0 Å². The van der Waals surface area contributed by atoms with Crippen molar-refractivity contribution < 1.29 is 13.2 Å². The number of fused-ring (bicyclic) bond motifs is 1. The van der Waals surface area contributed by atoms with Crippen LogP contribution in [0.5, 0.6) is 5.75 Å². The van der Waals surface area contributed by atoms with E-state index < -0.39 is 15.6 Å². The first-order valence-electron chi connectivity index (χ1n) is 7.86. The standard InChI is InChI=1S/C19H20ClNO3S/c1-13-12-19(2,3)21(18-16(13)6-5-7-17(18)24-4)25(22,23)15-10-8-14(20)9-11-15/h5-12H,1-4H3. The van der Waals surface area contributed by atoms with Gasteiger partial charge in [-0.15, -0.1) is 0 Å². The van der Waals surface area contributed by atoms with Crippen molar-refractivity contribution in [1.29, 1.82) is 0 Å². The lowest BCUT2D eigenvalue weighted by Gasteiger charge is -2.42. The topological polar surface area (TPSA) is 46.6 Å². The van der Waals surface area contributed by atoms with E-state index in [9.17, 15) is 8.42 Å². The average molecular weight is 378 g/mol. The van der Waals surface area contributed by atoms with Crippen LogP contribution in [0.25, 0.3) is 5.57 Å². The number of hydrogen-bond acceptors (Lipinski definition) is 3. The van der Waals surface area contributed by atoms with E-state index in [4.69, 9.17) is 16.3 Å². The number of halogens is 1. The largest absolute Gasteiger partial charge is 0.495 e. The lowest BCUT2D eigenvalue weighted by Crippen LogP contribution is -2.48. The quantitative estimate of drug-likeness (QED) is 0.776. The highest BCUT2D eigenvalue weighted by atomic mass is 35.5. The molecule has 0 aromatic heterocycles. The Kier molecular flexibility index (Phi) is 4.33. The van der Waals surface area contributed by atoms with Gasteiger partial charge in [-0.1, -0.05) is 29.8 Å². The van der Waals surface area contributed by atoms with Crippen LogP contribution in [0.2, 0.25) is 5.02 Å². The zero-order valence-electron chi connectivity index (χ0n) is 14.6. The first-order valence-corrected chi connectivity index (χ1v) is 9.68. The zero-order valence-corrected chi connectivity index (χ0v) is 16.1. The molecule has 0 saturated heterocycles. The summed E-state index contributed by atoms with van der Waals surface area (Å²) in [4.78, 5) is 0.190. The van der Waals surface area contributed by atoms with Gasteiger partial charge in [0.2, 0.25) is 0 Å². The molecule has 0 bridgehead atoms. The summed E-state index contributed by atoms with van der Waals surface area (Å²) in [5.41, 5.74) is 1.67. The second kappa shape index (κ2) is 6.07. The van der Waals surface area contributed by atoms with E-state index in [1.54, 1.807) is 25.3 Å². The third-order valence-corrected chi connectivity index (χ3v) is 6.55. The van der Waals surface area contributed by atoms with E-state index >= 15 is 0 Å². The number of allylic oxidation sites excluding steroid dienone is 1. The van der Waals surface area contributed by atoms with Gasteiger partial charge in [0.1, 0.15) is 11.4 Å². The molecule has 0 atom stereocenters. The van der Waals surface area contributed by atoms with Gasteiger partial charge in [0.05, 0.1) is 17.5 Å². The molecule has 0 spiro atoms. The lowest BCUT2D eigenvalue weighted by molar-refractivity contribution is 0.413. The molecule has 1 aliphatic rings. The average Bonchev–Trinajstić information content (AvgIpc) is 2.53. The molecule has 3 rings (SSSR count). The van der Waals surface area contributed by atoms with Crippen LogP contribution in [0.15, 0.2) is 53.4 Å². The Bertz CT molecular complexity index is 947. The molecular weight excluding hydrogens is 358 g/mol. The predicted molar refractivity (Wildman–Crippen MR) is 102 cm³/mol. The molecule has 0 saturated carbocycles. The molecule has 2 aromatic rings. The predicted octanol–water partition coefficient (Wildman–Crippen LogP) is 4.74. The monoisotopic (exact) mass is 377 g/mol. The second-order valence-corrected chi connectivity index (χ2v) is 8.78. The van der Waals surface area contributed by atoms with E-state index in [1.165, 1.54) is 16.4 Å². The lowest BCUT2D eigenvalue weighted by atomic mass is 9.91. The van der Waals surface area contributed by atoms with E-state index in [0.717, 1.165) is 11.1 Å². The van der Waals surface area contributed by atoms with Gasteiger partial charge in [-0.05, 0) is 56.7 Å². The van der Waals surface area contributed by atoms with Gasteiger partial charge >= 0.3 is 0 Å². The summed E-state index contributed by atoms with van der Waals surface area (Å²) in [5.74, 6) is 0.524. The molecule has 0 N–H and O–H groups in total. The Hall–Kier alpha value is -1.98. The third kappa shape index (κ3) is 2.92.